The molecular weight excluding hydrogens is 582 g/mol. The molecule has 228 valence electrons. The molecule has 1 fully saturated rings. The molecule has 6 rings (SSSR count). The van der Waals surface area contributed by atoms with Gasteiger partial charge in [-0.15, -0.1) is 0 Å². The van der Waals surface area contributed by atoms with E-state index in [4.69, 9.17) is 24.5 Å². The molecule has 1 unspecified atom stereocenters. The van der Waals surface area contributed by atoms with Crippen LogP contribution in [0.2, 0.25) is 0 Å². The molecule has 11 heteroatoms. The molecule has 9 nitrogen and oxygen atoms in total. The van der Waals surface area contributed by atoms with Crippen molar-refractivity contribution in [2.24, 2.45) is 0 Å². The fourth-order valence-electron chi connectivity index (χ4n) is 5.34. The summed E-state index contributed by atoms with van der Waals surface area (Å²) in [6.45, 7) is 2.86. The van der Waals surface area contributed by atoms with E-state index in [1.165, 1.54) is 31.4 Å². The zero-order valence-corrected chi connectivity index (χ0v) is 24.5. The number of hydrogen-bond donors (Lipinski definition) is 1. The van der Waals surface area contributed by atoms with Crippen LogP contribution < -0.4 is 9.47 Å². The summed E-state index contributed by atoms with van der Waals surface area (Å²) in [7, 11) is 1.45. The van der Waals surface area contributed by atoms with E-state index in [0.29, 0.717) is 52.6 Å². The van der Waals surface area contributed by atoms with Crippen molar-refractivity contribution >= 4 is 17.0 Å². The standard InChI is InChI=1S/C34H28F2N4O5/c1-19-10-22(14-31-39-33-29(40(31)17-24-8-9-44-24)12-23(34(41)42)13-30(33)43-2)27(36)15-25(19)28-4-3-5-32(38-28)45-18-21-7-6-20(16-37)11-26(21)35/h3-7,10-13,15,24H,8-9,14,17-18H2,1-2H3,(H,41,42). The average molecular weight is 611 g/mol. The summed E-state index contributed by atoms with van der Waals surface area (Å²) < 4.78 is 48.7. The number of carboxylic acids is 1. The van der Waals surface area contributed by atoms with Crippen molar-refractivity contribution in [2.45, 2.75) is 39.0 Å². The number of aromatic nitrogens is 3. The van der Waals surface area contributed by atoms with Crippen LogP contribution in [0.25, 0.3) is 22.3 Å². The van der Waals surface area contributed by atoms with Gasteiger partial charge < -0.3 is 23.9 Å². The molecule has 0 bridgehead atoms. The van der Waals surface area contributed by atoms with Gasteiger partial charge in [0.05, 0.1) is 48.2 Å². The highest BCUT2D eigenvalue weighted by Crippen LogP contribution is 2.32. The third-order valence-corrected chi connectivity index (χ3v) is 7.84. The Balaban J connectivity index is 1.29. The molecular formula is C34H28F2N4O5. The Hall–Kier alpha value is -5.34. The highest BCUT2D eigenvalue weighted by atomic mass is 19.1. The molecule has 1 saturated heterocycles. The highest BCUT2D eigenvalue weighted by molar-refractivity contribution is 5.95. The number of carbonyl (C=O) groups is 1. The van der Waals surface area contributed by atoms with Crippen LogP contribution in [0.15, 0.2) is 60.7 Å². The second-order valence-corrected chi connectivity index (χ2v) is 10.8. The number of halogens is 2. The summed E-state index contributed by atoms with van der Waals surface area (Å²) in [6.07, 6.45) is 0.950. The minimum Gasteiger partial charge on any atom is -0.494 e. The van der Waals surface area contributed by atoms with E-state index < -0.39 is 17.6 Å². The highest BCUT2D eigenvalue weighted by Gasteiger charge is 2.25. The van der Waals surface area contributed by atoms with Crippen molar-refractivity contribution in [3.05, 3.63) is 106 Å². The van der Waals surface area contributed by atoms with E-state index in [1.54, 1.807) is 30.3 Å². The summed E-state index contributed by atoms with van der Waals surface area (Å²) >= 11 is 0. The number of carboxylic acid groups (broad SMARTS) is 1. The van der Waals surface area contributed by atoms with Crippen LogP contribution in [0.4, 0.5) is 8.78 Å². The topological polar surface area (TPSA) is 119 Å². The summed E-state index contributed by atoms with van der Waals surface area (Å²) in [5, 5.41) is 18.6. The van der Waals surface area contributed by atoms with E-state index in [9.17, 15) is 14.3 Å². The van der Waals surface area contributed by atoms with Gasteiger partial charge in [-0.2, -0.15) is 5.26 Å². The quantitative estimate of drug-likeness (QED) is 0.198. The van der Waals surface area contributed by atoms with Crippen LogP contribution in [0.5, 0.6) is 11.6 Å². The van der Waals surface area contributed by atoms with E-state index in [1.807, 2.05) is 17.6 Å². The van der Waals surface area contributed by atoms with Gasteiger partial charge in [0.25, 0.3) is 0 Å². The Morgan fingerprint density at radius 2 is 1.91 bits per heavy atom. The zero-order valence-electron chi connectivity index (χ0n) is 24.5. The number of ether oxygens (including phenoxy) is 3. The van der Waals surface area contributed by atoms with Gasteiger partial charge in [-0.05, 0) is 60.9 Å². The summed E-state index contributed by atoms with van der Waals surface area (Å²) in [5.74, 6) is -0.987. The Labute approximate surface area is 257 Å². The normalized spacial score (nSPS) is 14.2. The van der Waals surface area contributed by atoms with E-state index in [0.717, 1.165) is 18.1 Å². The third-order valence-electron chi connectivity index (χ3n) is 7.84. The molecule has 0 spiro atoms. The number of hydrogen-bond acceptors (Lipinski definition) is 7. The van der Waals surface area contributed by atoms with Gasteiger partial charge in [0.15, 0.2) is 0 Å². The third kappa shape index (κ3) is 6.05. The average Bonchev–Trinajstić information content (AvgIpc) is 3.36. The van der Waals surface area contributed by atoms with E-state index in [-0.39, 0.29) is 41.7 Å². The zero-order chi connectivity index (χ0) is 31.7. The largest absolute Gasteiger partial charge is 0.494 e. The Bertz CT molecular complexity index is 1980. The number of imidazole rings is 1. The van der Waals surface area contributed by atoms with E-state index in [2.05, 4.69) is 4.98 Å². The molecule has 0 saturated carbocycles. The maximum atomic E-state index is 15.7. The SMILES string of the molecule is COc1cc(C(=O)O)cc2c1nc(Cc1cc(C)c(-c3cccc(OCc4ccc(C#N)cc4F)n3)cc1F)n2CC1CCO1. The Kier molecular flexibility index (Phi) is 8.15. The van der Waals surface area contributed by atoms with Crippen LogP contribution in [0.1, 0.15) is 44.9 Å². The van der Waals surface area contributed by atoms with Crippen molar-refractivity contribution in [2.75, 3.05) is 13.7 Å². The lowest BCUT2D eigenvalue weighted by molar-refractivity contribution is -0.0589. The predicted octanol–water partition coefficient (Wildman–Crippen LogP) is 6.22. The first-order chi connectivity index (χ1) is 21.7. The maximum absolute atomic E-state index is 15.7. The van der Waals surface area contributed by atoms with Crippen molar-refractivity contribution in [1.29, 1.82) is 5.26 Å². The molecule has 45 heavy (non-hydrogen) atoms. The molecule has 1 aliphatic heterocycles. The number of aryl methyl sites for hydroxylation is 1. The summed E-state index contributed by atoms with van der Waals surface area (Å²) in [4.78, 5) is 21.1. The molecule has 1 N–H and O–H groups in total. The fraction of sp³-hybridized carbons (Fsp3) is 0.235. The summed E-state index contributed by atoms with van der Waals surface area (Å²) in [5.41, 5.74) is 3.85. The number of rotatable bonds is 10. The van der Waals surface area contributed by atoms with Gasteiger partial charge in [-0.1, -0.05) is 18.2 Å². The predicted molar refractivity (Wildman–Crippen MR) is 160 cm³/mol. The lowest BCUT2D eigenvalue weighted by Gasteiger charge is -2.27. The van der Waals surface area contributed by atoms with Gasteiger partial charge in [-0.3, -0.25) is 0 Å². The van der Waals surface area contributed by atoms with Crippen LogP contribution in [-0.2, 0) is 24.3 Å². The van der Waals surface area contributed by atoms with Crippen molar-refractivity contribution < 1.29 is 32.9 Å². The molecule has 0 radical (unpaired) electrons. The lowest BCUT2D eigenvalue weighted by atomic mass is 9.99. The van der Waals surface area contributed by atoms with Gasteiger partial charge in [0.2, 0.25) is 5.88 Å². The summed E-state index contributed by atoms with van der Waals surface area (Å²) in [6, 6.07) is 17.3. The van der Waals surface area contributed by atoms with Crippen molar-refractivity contribution in [3.63, 3.8) is 0 Å². The molecule has 5 aromatic rings. The second-order valence-electron chi connectivity index (χ2n) is 10.8. The molecule has 1 aliphatic rings. The number of nitrogens with zero attached hydrogens (tertiary/aromatic N) is 4. The number of methoxy groups -OCH3 is 1. The van der Waals surface area contributed by atoms with Crippen LogP contribution in [0, 0.1) is 29.9 Å². The fourth-order valence-corrected chi connectivity index (χ4v) is 5.34. The van der Waals surface area contributed by atoms with Gasteiger partial charge in [-0.25, -0.2) is 23.5 Å². The van der Waals surface area contributed by atoms with Crippen molar-refractivity contribution in [3.8, 4) is 29.0 Å². The molecule has 0 amide bonds. The number of nitriles is 1. The Morgan fingerprint density at radius 3 is 2.60 bits per heavy atom. The number of fused-ring (bicyclic) bond motifs is 1. The van der Waals surface area contributed by atoms with E-state index >= 15 is 4.39 Å². The van der Waals surface area contributed by atoms with Gasteiger partial charge >= 0.3 is 5.97 Å². The van der Waals surface area contributed by atoms with Gasteiger partial charge in [0, 0.05) is 30.2 Å². The number of benzene rings is 3. The smallest absolute Gasteiger partial charge is 0.335 e. The molecule has 0 aliphatic carbocycles. The molecule has 3 aromatic carbocycles. The first kappa shape index (κ1) is 29.7. The number of aromatic carboxylic acids is 1. The van der Waals surface area contributed by atoms with Gasteiger partial charge in [0.1, 0.15) is 35.3 Å². The molecule has 1 atom stereocenters. The lowest BCUT2D eigenvalue weighted by Crippen LogP contribution is -2.31. The first-order valence-corrected chi connectivity index (χ1v) is 14.2. The number of pyridine rings is 1. The maximum Gasteiger partial charge on any atom is 0.335 e. The van der Waals surface area contributed by atoms with Crippen LogP contribution >= 0.6 is 0 Å². The molecule has 3 heterocycles. The first-order valence-electron chi connectivity index (χ1n) is 14.2. The van der Waals surface area contributed by atoms with Crippen LogP contribution in [0.3, 0.4) is 0 Å². The molecule has 2 aromatic heterocycles. The minimum atomic E-state index is -1.09. The van der Waals surface area contributed by atoms with Crippen molar-refractivity contribution in [1.82, 2.24) is 14.5 Å². The van der Waals surface area contributed by atoms with Crippen LogP contribution in [-0.4, -0.2) is 45.4 Å². The monoisotopic (exact) mass is 610 g/mol. The second kappa shape index (κ2) is 12.3. The minimum absolute atomic E-state index is 0.0523. The Morgan fingerprint density at radius 1 is 1.11 bits per heavy atom.